The van der Waals surface area contributed by atoms with Gasteiger partial charge in [0, 0.05) is 35.0 Å². The molecule has 0 fully saturated rings. The molecule has 0 aliphatic heterocycles. The first-order chi connectivity index (χ1) is 22.6. The smallest absolute Gasteiger partial charge is 0.307 e. The number of hydrogen-bond acceptors (Lipinski definition) is 3. The number of carbonyl (C=O) groups is 3. The van der Waals surface area contributed by atoms with Crippen LogP contribution < -0.4 is 0 Å². The summed E-state index contributed by atoms with van der Waals surface area (Å²) in [7, 11) is 0. The average molecular weight is 669 g/mol. The van der Waals surface area contributed by atoms with E-state index < -0.39 is 42.6 Å². The minimum atomic E-state index is -1.35. The highest BCUT2D eigenvalue weighted by molar-refractivity contribution is 6.30. The molecule has 1 amide bonds. The van der Waals surface area contributed by atoms with E-state index in [4.69, 9.17) is 23.2 Å². The van der Waals surface area contributed by atoms with Crippen LogP contribution in [-0.2, 0) is 27.3 Å². The first kappa shape index (κ1) is 33.7. The van der Waals surface area contributed by atoms with E-state index in [1.807, 2.05) is 97.9 Å². The fourth-order valence-corrected chi connectivity index (χ4v) is 6.25. The molecular weight excluding hydrogens is 633 g/mol. The number of rotatable bonds is 13. The Bertz CT molecular complexity index is 1860. The number of fused-ring (bicyclic) bond motifs is 1. The SMILES string of the molecule is CC(C(Cc1ccc(-c2ccc(Cl)cc2)cc1)c1ccc(Cl)cc1)N(Cc1ccc2ccccc2c1)C(=O)CC(CC(=O)O)C(=O)O. The molecule has 0 saturated heterocycles. The van der Waals surface area contributed by atoms with Crippen LogP contribution in [0.4, 0.5) is 0 Å². The lowest BCUT2D eigenvalue weighted by molar-refractivity contribution is -0.151. The van der Waals surface area contributed by atoms with E-state index in [9.17, 15) is 24.6 Å². The number of nitrogens with zero attached hydrogens (tertiary/aromatic N) is 1. The summed E-state index contributed by atoms with van der Waals surface area (Å²) in [6, 6.07) is 37.0. The number of amides is 1. The van der Waals surface area contributed by atoms with Crippen molar-refractivity contribution >= 4 is 51.8 Å². The maximum Gasteiger partial charge on any atom is 0.307 e. The molecule has 6 nitrogen and oxygen atoms in total. The lowest BCUT2D eigenvalue weighted by Gasteiger charge is -2.36. The molecule has 0 heterocycles. The van der Waals surface area contributed by atoms with Gasteiger partial charge in [0.25, 0.3) is 0 Å². The van der Waals surface area contributed by atoms with Crippen LogP contribution in [0.25, 0.3) is 21.9 Å². The highest BCUT2D eigenvalue weighted by Crippen LogP contribution is 2.32. The Balaban J connectivity index is 1.50. The van der Waals surface area contributed by atoms with Crippen LogP contribution in [0.15, 0.2) is 115 Å². The summed E-state index contributed by atoms with van der Waals surface area (Å²) in [5.74, 6) is -4.53. The number of halogens is 2. The summed E-state index contributed by atoms with van der Waals surface area (Å²) in [6.45, 7) is 2.19. The number of aliphatic carboxylic acids is 2. The van der Waals surface area contributed by atoms with Crippen molar-refractivity contribution in [2.75, 3.05) is 0 Å². The zero-order chi connectivity index (χ0) is 33.5. The second-order valence-corrected chi connectivity index (χ2v) is 12.7. The highest BCUT2D eigenvalue weighted by Gasteiger charge is 2.33. The Kier molecular flexibility index (Phi) is 11.0. The lowest BCUT2D eigenvalue weighted by Crippen LogP contribution is -2.43. The van der Waals surface area contributed by atoms with Crippen molar-refractivity contribution in [2.45, 2.75) is 44.7 Å². The van der Waals surface area contributed by atoms with Crippen molar-refractivity contribution in [3.05, 3.63) is 142 Å². The van der Waals surface area contributed by atoms with Gasteiger partial charge in [-0.15, -0.1) is 0 Å². The van der Waals surface area contributed by atoms with E-state index >= 15 is 0 Å². The monoisotopic (exact) mass is 667 g/mol. The van der Waals surface area contributed by atoms with E-state index in [2.05, 4.69) is 24.3 Å². The lowest BCUT2D eigenvalue weighted by atomic mass is 9.85. The second kappa shape index (κ2) is 15.3. The Hall–Kier alpha value is -4.65. The van der Waals surface area contributed by atoms with Crippen LogP contribution in [-0.4, -0.2) is 39.0 Å². The third-order valence-electron chi connectivity index (χ3n) is 8.64. The van der Waals surface area contributed by atoms with E-state index in [0.717, 1.165) is 38.6 Å². The molecule has 0 aliphatic carbocycles. The third kappa shape index (κ3) is 8.79. The van der Waals surface area contributed by atoms with Gasteiger partial charge in [-0.25, -0.2) is 0 Å². The number of carboxylic acids is 2. The molecule has 47 heavy (non-hydrogen) atoms. The van der Waals surface area contributed by atoms with Crippen molar-refractivity contribution in [3.8, 4) is 11.1 Å². The van der Waals surface area contributed by atoms with E-state index in [0.29, 0.717) is 16.5 Å². The van der Waals surface area contributed by atoms with Gasteiger partial charge >= 0.3 is 11.9 Å². The van der Waals surface area contributed by atoms with E-state index in [-0.39, 0.29) is 12.5 Å². The second-order valence-electron chi connectivity index (χ2n) is 11.8. The summed E-state index contributed by atoms with van der Waals surface area (Å²) < 4.78 is 0. The first-order valence-electron chi connectivity index (χ1n) is 15.4. The summed E-state index contributed by atoms with van der Waals surface area (Å²) in [5, 5.41) is 22.5. The highest BCUT2D eigenvalue weighted by atomic mass is 35.5. The van der Waals surface area contributed by atoms with E-state index in [1.54, 1.807) is 4.90 Å². The van der Waals surface area contributed by atoms with Crippen LogP contribution >= 0.6 is 23.2 Å². The van der Waals surface area contributed by atoms with Crippen molar-refractivity contribution in [2.24, 2.45) is 5.92 Å². The minimum absolute atomic E-state index is 0.194. The summed E-state index contributed by atoms with van der Waals surface area (Å²) >= 11 is 12.3. The molecule has 0 bridgehead atoms. The van der Waals surface area contributed by atoms with Gasteiger partial charge in [0.2, 0.25) is 5.91 Å². The maximum atomic E-state index is 14.1. The van der Waals surface area contributed by atoms with Gasteiger partial charge in [0.05, 0.1) is 12.3 Å². The molecule has 2 N–H and O–H groups in total. The molecule has 240 valence electrons. The molecular formula is C39H35Cl2NO5. The van der Waals surface area contributed by atoms with Crippen LogP contribution in [0.2, 0.25) is 10.0 Å². The van der Waals surface area contributed by atoms with Crippen molar-refractivity contribution < 1.29 is 24.6 Å². The standard InChI is InChI=1S/C39H35Cl2NO5/c1-25(36(31-14-18-35(41)19-15-31)21-26-6-9-29(10-7-26)30-12-16-34(40)17-13-30)42(37(43)22-33(39(46)47)23-38(44)45)24-27-8-11-28-4-2-3-5-32(28)20-27/h2-20,25,33,36H,21-24H2,1H3,(H,44,45)(H,46,47). The molecule has 3 unspecified atom stereocenters. The Labute approximate surface area is 284 Å². The molecule has 3 atom stereocenters. The van der Waals surface area contributed by atoms with Crippen LogP contribution in [0.1, 0.15) is 42.4 Å². The Morgan fingerprint density at radius 1 is 0.681 bits per heavy atom. The molecule has 0 aromatic heterocycles. The van der Waals surface area contributed by atoms with Gasteiger partial charge < -0.3 is 15.1 Å². The summed E-state index contributed by atoms with van der Waals surface area (Å²) in [6.07, 6.45) is -0.481. The van der Waals surface area contributed by atoms with Crippen LogP contribution in [0.3, 0.4) is 0 Å². The zero-order valence-electron chi connectivity index (χ0n) is 25.9. The maximum absolute atomic E-state index is 14.1. The van der Waals surface area contributed by atoms with Gasteiger partial charge in [0.1, 0.15) is 0 Å². The molecule has 5 rings (SSSR count). The normalized spacial score (nSPS) is 13.1. The van der Waals surface area contributed by atoms with Crippen LogP contribution in [0, 0.1) is 5.92 Å². The molecule has 0 spiro atoms. The Morgan fingerprint density at radius 3 is 1.83 bits per heavy atom. The fraction of sp³-hybridized carbons (Fsp3) is 0.205. The number of carbonyl (C=O) groups excluding carboxylic acids is 1. The molecule has 0 saturated carbocycles. The average Bonchev–Trinajstić information content (AvgIpc) is 3.06. The zero-order valence-corrected chi connectivity index (χ0v) is 27.4. The van der Waals surface area contributed by atoms with Gasteiger partial charge in [-0.3, -0.25) is 14.4 Å². The minimum Gasteiger partial charge on any atom is -0.481 e. The van der Waals surface area contributed by atoms with Crippen molar-refractivity contribution in [1.82, 2.24) is 4.90 Å². The largest absolute Gasteiger partial charge is 0.481 e. The predicted octanol–water partition coefficient (Wildman–Crippen LogP) is 9.12. The van der Waals surface area contributed by atoms with Gasteiger partial charge in [-0.05, 0) is 82.3 Å². The number of benzene rings is 5. The van der Waals surface area contributed by atoms with Crippen molar-refractivity contribution in [3.63, 3.8) is 0 Å². The molecule has 0 aliphatic rings. The summed E-state index contributed by atoms with van der Waals surface area (Å²) in [4.78, 5) is 39.2. The van der Waals surface area contributed by atoms with Gasteiger partial charge in [0.15, 0.2) is 0 Å². The van der Waals surface area contributed by atoms with Crippen LogP contribution in [0.5, 0.6) is 0 Å². The first-order valence-corrected chi connectivity index (χ1v) is 16.1. The quantitative estimate of drug-likeness (QED) is 0.131. The molecule has 0 radical (unpaired) electrons. The predicted molar refractivity (Wildman–Crippen MR) is 187 cm³/mol. The molecule has 5 aromatic carbocycles. The molecule has 8 heteroatoms. The topological polar surface area (TPSA) is 94.9 Å². The number of carboxylic acid groups (broad SMARTS) is 2. The van der Waals surface area contributed by atoms with E-state index in [1.165, 1.54) is 0 Å². The Morgan fingerprint density at radius 2 is 1.23 bits per heavy atom. The van der Waals surface area contributed by atoms with Gasteiger partial charge in [-0.1, -0.05) is 108 Å². The summed E-state index contributed by atoms with van der Waals surface area (Å²) in [5.41, 5.74) is 5.01. The number of hydrogen-bond donors (Lipinski definition) is 2. The fourth-order valence-electron chi connectivity index (χ4n) is 6.00. The van der Waals surface area contributed by atoms with Crippen molar-refractivity contribution in [1.29, 1.82) is 0 Å². The van der Waals surface area contributed by atoms with Gasteiger partial charge in [-0.2, -0.15) is 0 Å². The molecule has 5 aromatic rings. The third-order valence-corrected chi connectivity index (χ3v) is 9.14.